The van der Waals surface area contributed by atoms with E-state index in [1.54, 1.807) is 43.7 Å². The highest BCUT2D eigenvalue weighted by molar-refractivity contribution is 5.58. The fraction of sp³-hybridized carbons (Fsp3) is 0.0909. The second-order valence-electron chi connectivity index (χ2n) is 3.44. The number of aryl methyl sites for hydroxylation is 1. The summed E-state index contributed by atoms with van der Waals surface area (Å²) in [5.41, 5.74) is 6.86. The van der Waals surface area contributed by atoms with Gasteiger partial charge in [-0.15, -0.1) is 0 Å². The van der Waals surface area contributed by atoms with Gasteiger partial charge >= 0.3 is 0 Å². The van der Waals surface area contributed by atoms with E-state index in [1.165, 1.54) is 4.57 Å². The molecule has 0 aliphatic rings. The summed E-state index contributed by atoms with van der Waals surface area (Å²) < 4.78 is 1.46. The lowest BCUT2D eigenvalue weighted by molar-refractivity contribution is 0.845. The van der Waals surface area contributed by atoms with Gasteiger partial charge in [-0.25, -0.2) is 4.98 Å². The van der Waals surface area contributed by atoms with Crippen molar-refractivity contribution in [2.24, 2.45) is 7.05 Å². The quantitative estimate of drug-likeness (QED) is 0.737. The Labute approximate surface area is 92.6 Å². The van der Waals surface area contributed by atoms with Crippen LogP contribution in [-0.4, -0.2) is 9.55 Å². The van der Waals surface area contributed by atoms with E-state index in [4.69, 9.17) is 5.73 Å². The van der Waals surface area contributed by atoms with Gasteiger partial charge < -0.3 is 15.6 Å². The van der Waals surface area contributed by atoms with Crippen LogP contribution < -0.4 is 16.6 Å². The Hall–Kier alpha value is -2.30. The zero-order valence-corrected chi connectivity index (χ0v) is 8.84. The number of rotatable bonds is 2. The van der Waals surface area contributed by atoms with Crippen molar-refractivity contribution in [1.82, 2.24) is 9.55 Å². The molecule has 3 N–H and O–H groups in total. The lowest BCUT2D eigenvalue weighted by atomic mass is 10.3. The van der Waals surface area contributed by atoms with Crippen molar-refractivity contribution in [1.29, 1.82) is 0 Å². The fourth-order valence-electron chi connectivity index (χ4n) is 1.29. The van der Waals surface area contributed by atoms with E-state index < -0.39 is 0 Å². The number of hydrogen-bond donors (Lipinski definition) is 2. The van der Waals surface area contributed by atoms with E-state index in [9.17, 15) is 4.79 Å². The van der Waals surface area contributed by atoms with Crippen LogP contribution in [0.5, 0.6) is 0 Å². The second-order valence-corrected chi connectivity index (χ2v) is 3.44. The Morgan fingerprint density at radius 2 is 2.00 bits per heavy atom. The van der Waals surface area contributed by atoms with Crippen molar-refractivity contribution in [3.05, 3.63) is 47.0 Å². The highest BCUT2D eigenvalue weighted by Crippen LogP contribution is 2.13. The highest BCUT2D eigenvalue weighted by Gasteiger charge is 2.02. The van der Waals surface area contributed by atoms with E-state index in [-0.39, 0.29) is 5.56 Å². The third kappa shape index (κ3) is 2.03. The average Bonchev–Trinajstić information content (AvgIpc) is 2.28. The van der Waals surface area contributed by atoms with Crippen LogP contribution in [-0.2, 0) is 7.05 Å². The molecule has 0 aliphatic carbocycles. The average molecular weight is 216 g/mol. The second kappa shape index (κ2) is 4.06. The number of aromatic nitrogens is 2. The van der Waals surface area contributed by atoms with Gasteiger partial charge in [0.2, 0.25) is 0 Å². The maximum atomic E-state index is 11.7. The van der Waals surface area contributed by atoms with E-state index in [0.717, 1.165) is 5.69 Å². The molecule has 0 saturated carbocycles. The number of anilines is 3. The molecule has 1 aromatic heterocycles. The maximum absolute atomic E-state index is 11.7. The smallest absolute Gasteiger partial charge is 0.293 e. The largest absolute Gasteiger partial charge is 0.399 e. The molecule has 5 heteroatoms. The van der Waals surface area contributed by atoms with Crippen molar-refractivity contribution < 1.29 is 0 Å². The van der Waals surface area contributed by atoms with Gasteiger partial charge in [0.05, 0.1) is 0 Å². The Bertz CT molecular complexity index is 545. The molecule has 2 aromatic rings. The summed E-state index contributed by atoms with van der Waals surface area (Å²) in [4.78, 5) is 15.6. The first-order valence-electron chi connectivity index (χ1n) is 4.81. The molecule has 0 atom stereocenters. The molecule has 0 saturated heterocycles. The van der Waals surface area contributed by atoms with Crippen LogP contribution in [0.3, 0.4) is 0 Å². The van der Waals surface area contributed by atoms with Gasteiger partial charge in [-0.05, 0) is 24.3 Å². The summed E-state index contributed by atoms with van der Waals surface area (Å²) in [6.45, 7) is 0. The molecule has 0 unspecified atom stereocenters. The van der Waals surface area contributed by atoms with Gasteiger partial charge in [0, 0.05) is 30.8 Å². The maximum Gasteiger partial charge on any atom is 0.293 e. The first-order valence-corrected chi connectivity index (χ1v) is 4.81. The highest BCUT2D eigenvalue weighted by atomic mass is 16.1. The topological polar surface area (TPSA) is 72.9 Å². The molecule has 0 fully saturated rings. The van der Waals surface area contributed by atoms with Gasteiger partial charge in [-0.3, -0.25) is 4.79 Å². The molecule has 0 aliphatic heterocycles. The molecule has 0 spiro atoms. The lowest BCUT2D eigenvalue weighted by Gasteiger charge is -2.05. The van der Waals surface area contributed by atoms with Crippen molar-refractivity contribution in [3.63, 3.8) is 0 Å². The van der Waals surface area contributed by atoms with Crippen LogP contribution in [0.4, 0.5) is 17.2 Å². The molecule has 82 valence electrons. The number of benzene rings is 1. The summed E-state index contributed by atoms with van der Waals surface area (Å²) in [6.07, 6.45) is 3.18. The zero-order valence-electron chi connectivity index (χ0n) is 8.84. The van der Waals surface area contributed by atoms with Gasteiger partial charge in [0.25, 0.3) is 5.56 Å². The minimum atomic E-state index is -0.167. The minimum Gasteiger partial charge on any atom is -0.399 e. The molecular formula is C11H12N4O. The monoisotopic (exact) mass is 216 g/mol. The van der Waals surface area contributed by atoms with Crippen LogP contribution in [0.1, 0.15) is 0 Å². The summed E-state index contributed by atoms with van der Waals surface area (Å²) in [5.74, 6) is 0.301. The van der Waals surface area contributed by atoms with Crippen LogP contribution in [0, 0.1) is 0 Å². The first-order chi connectivity index (χ1) is 7.66. The Balaban J connectivity index is 2.31. The summed E-state index contributed by atoms with van der Waals surface area (Å²) in [7, 11) is 1.68. The van der Waals surface area contributed by atoms with Crippen molar-refractivity contribution in [2.45, 2.75) is 0 Å². The van der Waals surface area contributed by atoms with Gasteiger partial charge in [0.15, 0.2) is 5.82 Å². The van der Waals surface area contributed by atoms with E-state index in [1.807, 2.05) is 0 Å². The van der Waals surface area contributed by atoms with Crippen LogP contribution in [0.15, 0.2) is 41.5 Å². The molecule has 5 nitrogen and oxygen atoms in total. The molecule has 0 bridgehead atoms. The van der Waals surface area contributed by atoms with Crippen LogP contribution in [0.2, 0.25) is 0 Å². The van der Waals surface area contributed by atoms with Crippen molar-refractivity contribution in [2.75, 3.05) is 11.1 Å². The van der Waals surface area contributed by atoms with Crippen molar-refractivity contribution >= 4 is 17.2 Å². The third-order valence-electron chi connectivity index (χ3n) is 2.19. The van der Waals surface area contributed by atoms with Crippen molar-refractivity contribution in [3.8, 4) is 0 Å². The van der Waals surface area contributed by atoms with E-state index in [0.29, 0.717) is 11.5 Å². The molecule has 0 radical (unpaired) electrons. The molecule has 16 heavy (non-hydrogen) atoms. The molecule has 1 heterocycles. The third-order valence-corrected chi connectivity index (χ3v) is 2.19. The summed E-state index contributed by atoms with van der Waals surface area (Å²) in [5, 5.41) is 2.94. The predicted molar refractivity (Wildman–Crippen MR) is 63.6 cm³/mol. The molecule has 2 rings (SSSR count). The molecular weight excluding hydrogens is 204 g/mol. The number of nitrogen functional groups attached to an aromatic ring is 1. The Kier molecular flexibility index (Phi) is 2.59. The number of nitrogens with two attached hydrogens (primary N) is 1. The summed E-state index contributed by atoms with van der Waals surface area (Å²) in [6, 6.07) is 7.11. The number of nitrogens with zero attached hydrogens (tertiary/aromatic N) is 2. The fourth-order valence-corrected chi connectivity index (χ4v) is 1.29. The Morgan fingerprint density at radius 3 is 2.69 bits per heavy atom. The van der Waals surface area contributed by atoms with Crippen LogP contribution in [0.25, 0.3) is 0 Å². The van der Waals surface area contributed by atoms with E-state index >= 15 is 0 Å². The van der Waals surface area contributed by atoms with Gasteiger partial charge in [-0.1, -0.05) is 0 Å². The molecule has 0 amide bonds. The standard InChI is InChI=1S/C11H12N4O/c1-15-7-6-13-10(11(15)16)14-9-4-2-8(12)3-5-9/h2-7H,12H2,1H3,(H,13,14). The summed E-state index contributed by atoms with van der Waals surface area (Å²) >= 11 is 0. The lowest BCUT2D eigenvalue weighted by Crippen LogP contribution is -2.20. The SMILES string of the molecule is Cn1ccnc(Nc2ccc(N)cc2)c1=O. The normalized spacial score (nSPS) is 10.1. The molecule has 1 aromatic carbocycles. The predicted octanol–water partition coefficient (Wildman–Crippen LogP) is 1.11. The van der Waals surface area contributed by atoms with Crippen LogP contribution >= 0.6 is 0 Å². The number of hydrogen-bond acceptors (Lipinski definition) is 4. The van der Waals surface area contributed by atoms with E-state index in [2.05, 4.69) is 10.3 Å². The number of nitrogens with one attached hydrogen (secondary N) is 1. The minimum absolute atomic E-state index is 0.167. The van der Waals surface area contributed by atoms with Gasteiger partial charge in [0.1, 0.15) is 0 Å². The zero-order chi connectivity index (χ0) is 11.5. The Morgan fingerprint density at radius 1 is 1.31 bits per heavy atom. The first kappa shape index (κ1) is 10.2. The van der Waals surface area contributed by atoms with Gasteiger partial charge in [-0.2, -0.15) is 0 Å².